The molecule has 0 saturated heterocycles. The van der Waals surface area contributed by atoms with Gasteiger partial charge in [-0.25, -0.2) is 0 Å². The van der Waals surface area contributed by atoms with Crippen LogP contribution in [0.5, 0.6) is 0 Å². The lowest BCUT2D eigenvalue weighted by Crippen LogP contribution is -2.60. The van der Waals surface area contributed by atoms with Gasteiger partial charge in [0.1, 0.15) is 0 Å². The highest BCUT2D eigenvalue weighted by atomic mass is 16.3. The molecule has 0 aromatic heterocycles. The molecule has 0 aromatic rings. The summed E-state index contributed by atoms with van der Waals surface area (Å²) in [5, 5.41) is 21.7. The Bertz CT molecular complexity index is 680. The zero-order valence-corrected chi connectivity index (χ0v) is 21.3. The summed E-state index contributed by atoms with van der Waals surface area (Å²) in [6, 6.07) is 0. The molecular weight excluding hydrogens is 380 g/mol. The second-order valence-corrected chi connectivity index (χ2v) is 13.0. The van der Waals surface area contributed by atoms with Crippen LogP contribution in [0.1, 0.15) is 112 Å². The Balaban J connectivity index is 1.51. The molecule has 4 aliphatic carbocycles. The van der Waals surface area contributed by atoms with Gasteiger partial charge in [-0.05, 0) is 98.2 Å². The summed E-state index contributed by atoms with van der Waals surface area (Å²) >= 11 is 0. The lowest BCUT2D eigenvalue weighted by Gasteiger charge is -2.61. The number of aliphatic hydroxyl groups excluding tert-OH is 1. The summed E-state index contributed by atoms with van der Waals surface area (Å²) < 4.78 is 0. The monoisotopic (exact) mass is 430 g/mol. The average molecular weight is 431 g/mol. The first-order valence-corrected chi connectivity index (χ1v) is 13.7. The highest BCUT2D eigenvalue weighted by Crippen LogP contribution is 2.67. The van der Waals surface area contributed by atoms with Crippen molar-refractivity contribution in [2.24, 2.45) is 46.3 Å². The molecule has 2 nitrogen and oxygen atoms in total. The van der Waals surface area contributed by atoms with Crippen LogP contribution >= 0.6 is 0 Å². The van der Waals surface area contributed by atoms with Crippen molar-refractivity contribution in [2.45, 2.75) is 124 Å². The molecule has 0 bridgehead atoms. The van der Waals surface area contributed by atoms with E-state index < -0.39 is 11.7 Å². The lowest BCUT2D eigenvalue weighted by atomic mass is 9.45. The van der Waals surface area contributed by atoms with Crippen molar-refractivity contribution in [1.82, 2.24) is 0 Å². The van der Waals surface area contributed by atoms with Gasteiger partial charge in [0.25, 0.3) is 0 Å². The van der Waals surface area contributed by atoms with Crippen LogP contribution in [0, 0.1) is 46.3 Å². The molecule has 2 heteroatoms. The van der Waals surface area contributed by atoms with Gasteiger partial charge in [-0.1, -0.05) is 72.0 Å². The maximum Gasteiger partial charge on any atom is 0.0913 e. The van der Waals surface area contributed by atoms with E-state index in [4.69, 9.17) is 0 Å². The number of rotatable bonds is 6. The van der Waals surface area contributed by atoms with E-state index >= 15 is 0 Å². The summed E-state index contributed by atoms with van der Waals surface area (Å²) in [5.74, 6) is 4.15. The van der Waals surface area contributed by atoms with Crippen molar-refractivity contribution in [3.8, 4) is 0 Å². The molecule has 10 atom stereocenters. The molecule has 0 heterocycles. The molecule has 178 valence electrons. The molecule has 1 unspecified atom stereocenters. The van der Waals surface area contributed by atoms with Gasteiger partial charge in [0, 0.05) is 0 Å². The minimum Gasteiger partial charge on any atom is -0.390 e. The highest BCUT2D eigenvalue weighted by molar-refractivity contribution is 5.29. The maximum absolute atomic E-state index is 11.2. The molecule has 3 fully saturated rings. The third kappa shape index (κ3) is 3.76. The summed E-state index contributed by atoms with van der Waals surface area (Å²) in [5.41, 5.74) is 1.43. The van der Waals surface area contributed by atoms with E-state index in [0.717, 1.165) is 42.9 Å². The topological polar surface area (TPSA) is 40.5 Å². The number of fused-ring (bicyclic) bond motifs is 5. The van der Waals surface area contributed by atoms with Gasteiger partial charge in [0.2, 0.25) is 0 Å². The fraction of sp³-hybridized carbons (Fsp3) is 0.931. The second kappa shape index (κ2) is 8.46. The molecule has 2 N–H and O–H groups in total. The predicted octanol–water partition coefficient (Wildman–Crippen LogP) is 7.14. The lowest BCUT2D eigenvalue weighted by molar-refractivity contribution is -0.184. The van der Waals surface area contributed by atoms with Gasteiger partial charge in [-0.15, -0.1) is 0 Å². The number of aliphatic hydroxyl groups is 2. The van der Waals surface area contributed by atoms with Crippen molar-refractivity contribution < 1.29 is 10.2 Å². The Kier molecular flexibility index (Phi) is 6.50. The van der Waals surface area contributed by atoms with Crippen LogP contribution < -0.4 is 0 Å². The van der Waals surface area contributed by atoms with Crippen molar-refractivity contribution >= 4 is 0 Å². The Morgan fingerprint density at radius 3 is 2.35 bits per heavy atom. The highest BCUT2D eigenvalue weighted by Gasteiger charge is 2.61. The van der Waals surface area contributed by atoms with Gasteiger partial charge in [0.05, 0.1) is 11.7 Å². The smallest absolute Gasteiger partial charge is 0.0913 e. The summed E-state index contributed by atoms with van der Waals surface area (Å²) in [4.78, 5) is 0. The van der Waals surface area contributed by atoms with Crippen molar-refractivity contribution in [2.75, 3.05) is 0 Å². The first-order chi connectivity index (χ1) is 14.6. The van der Waals surface area contributed by atoms with Gasteiger partial charge in [0.15, 0.2) is 0 Å². The van der Waals surface area contributed by atoms with E-state index in [9.17, 15) is 10.2 Å². The van der Waals surface area contributed by atoms with E-state index in [2.05, 4.69) is 40.7 Å². The number of allylic oxidation sites excluding steroid dienone is 2. The van der Waals surface area contributed by atoms with Crippen molar-refractivity contribution in [3.63, 3.8) is 0 Å². The van der Waals surface area contributed by atoms with Gasteiger partial charge >= 0.3 is 0 Å². The Morgan fingerprint density at radius 1 is 0.968 bits per heavy atom. The largest absolute Gasteiger partial charge is 0.390 e. The third-order valence-electron chi connectivity index (χ3n) is 11.4. The first-order valence-electron chi connectivity index (χ1n) is 13.7. The van der Waals surface area contributed by atoms with Crippen LogP contribution in [0.3, 0.4) is 0 Å². The first kappa shape index (κ1) is 23.8. The van der Waals surface area contributed by atoms with Crippen LogP contribution in [0.25, 0.3) is 0 Å². The number of hydrogen-bond acceptors (Lipinski definition) is 2. The molecule has 4 aliphatic rings. The standard InChI is InChI=1S/C29H50O2/c1-7-19(2)9-8-10-20(3)22-12-13-23-21-11-14-25-28(5,18-16-26(30)29(25,6)31)24(21)15-17-27(22,23)4/h11,19-20,22-26,30-31H,7-10,12-18H2,1-6H3/t19?,20-,22-,23+,24+,25-,26+,27-,28-,29-/m1/s1. The zero-order chi connectivity index (χ0) is 22.6. The molecule has 0 aliphatic heterocycles. The summed E-state index contributed by atoms with van der Waals surface area (Å²) in [6.45, 7) is 14.3. The van der Waals surface area contributed by atoms with Crippen LogP contribution in [0.4, 0.5) is 0 Å². The van der Waals surface area contributed by atoms with Crippen molar-refractivity contribution in [3.05, 3.63) is 11.6 Å². The normalized spacial score (nSPS) is 48.9. The van der Waals surface area contributed by atoms with Gasteiger partial charge in [-0.3, -0.25) is 0 Å². The van der Waals surface area contributed by atoms with Crippen LogP contribution in [-0.4, -0.2) is 21.9 Å². The summed E-state index contributed by atoms with van der Waals surface area (Å²) in [6.07, 6.45) is 15.7. The minimum absolute atomic E-state index is 0.147. The fourth-order valence-electron chi connectivity index (χ4n) is 9.15. The molecule has 4 rings (SSSR count). The van der Waals surface area contributed by atoms with E-state index in [0.29, 0.717) is 11.3 Å². The Morgan fingerprint density at radius 2 is 1.65 bits per heavy atom. The molecule has 0 radical (unpaired) electrons. The zero-order valence-electron chi connectivity index (χ0n) is 21.3. The maximum atomic E-state index is 11.2. The molecular formula is C29H50O2. The predicted molar refractivity (Wildman–Crippen MR) is 130 cm³/mol. The molecule has 0 spiro atoms. The van der Waals surface area contributed by atoms with E-state index in [-0.39, 0.29) is 11.3 Å². The second-order valence-electron chi connectivity index (χ2n) is 13.0. The summed E-state index contributed by atoms with van der Waals surface area (Å²) in [7, 11) is 0. The third-order valence-corrected chi connectivity index (χ3v) is 11.4. The van der Waals surface area contributed by atoms with Gasteiger partial charge in [-0.2, -0.15) is 0 Å². The SMILES string of the molecule is CCC(C)CCC[C@@H](C)[C@H]1CC[C@H]2C3=CC[C@H]4[C@@](C)(O)[C@@H](O)CC[C@]4(C)[C@H]3CC[C@]12C. The van der Waals surface area contributed by atoms with E-state index in [1.54, 1.807) is 5.57 Å². The molecule has 31 heavy (non-hydrogen) atoms. The van der Waals surface area contributed by atoms with Gasteiger partial charge < -0.3 is 10.2 Å². The quantitative estimate of drug-likeness (QED) is 0.440. The van der Waals surface area contributed by atoms with Crippen LogP contribution in [0.15, 0.2) is 11.6 Å². The van der Waals surface area contributed by atoms with E-state index in [1.165, 1.54) is 51.4 Å². The average Bonchev–Trinajstić information content (AvgIpc) is 3.08. The molecule has 0 aromatic carbocycles. The van der Waals surface area contributed by atoms with Crippen LogP contribution in [-0.2, 0) is 0 Å². The Hall–Kier alpha value is -0.340. The fourth-order valence-corrected chi connectivity index (χ4v) is 9.15. The molecule has 3 saturated carbocycles. The van der Waals surface area contributed by atoms with Crippen molar-refractivity contribution in [1.29, 1.82) is 0 Å². The van der Waals surface area contributed by atoms with E-state index in [1.807, 2.05) is 6.92 Å². The Labute approximate surface area is 192 Å². The molecule has 0 amide bonds. The minimum atomic E-state index is -0.946. The van der Waals surface area contributed by atoms with Crippen LogP contribution in [0.2, 0.25) is 0 Å². The number of hydrogen-bond donors (Lipinski definition) is 2.